The summed E-state index contributed by atoms with van der Waals surface area (Å²) in [5, 5.41) is 4.01. The minimum atomic E-state index is -0.241. The molecule has 1 aromatic heterocycles. The van der Waals surface area contributed by atoms with E-state index < -0.39 is 0 Å². The number of amides is 1. The molecule has 2 aromatic carbocycles. The van der Waals surface area contributed by atoms with Crippen LogP contribution in [0.15, 0.2) is 77.5 Å². The number of nitrogens with zero attached hydrogens (tertiary/aromatic N) is 2. The van der Waals surface area contributed by atoms with E-state index in [-0.39, 0.29) is 29.2 Å². The number of para-hydroxylation sites is 1. The van der Waals surface area contributed by atoms with E-state index in [1.807, 2.05) is 77.5 Å². The number of thiophene rings is 1. The molecule has 7 heteroatoms. The molecule has 5 nitrogen and oxygen atoms in total. The summed E-state index contributed by atoms with van der Waals surface area (Å²) in [6.45, 7) is 5.33. The maximum Gasteiger partial charge on any atom is 0.415 e. The zero-order valence-electron chi connectivity index (χ0n) is 19.2. The van der Waals surface area contributed by atoms with Gasteiger partial charge in [-0.15, -0.1) is 0 Å². The Kier molecular flexibility index (Phi) is 8.29. The first-order chi connectivity index (χ1) is 16.2. The Morgan fingerprint density at radius 1 is 1.00 bits per heavy atom. The van der Waals surface area contributed by atoms with Crippen molar-refractivity contribution >= 4 is 23.1 Å². The Morgan fingerprint density at radius 3 is 2.38 bits per heavy atom. The first-order valence-electron chi connectivity index (χ1n) is 11.8. The van der Waals surface area contributed by atoms with Crippen molar-refractivity contribution in [2.24, 2.45) is 5.92 Å². The molecule has 3 aliphatic rings. The Morgan fingerprint density at radius 2 is 1.71 bits per heavy atom. The molecule has 34 heavy (non-hydrogen) atoms. The third-order valence-corrected chi connectivity index (χ3v) is 7.76. The fourth-order valence-corrected chi connectivity index (χ4v) is 5.82. The van der Waals surface area contributed by atoms with Crippen LogP contribution in [0.25, 0.3) is 0 Å². The van der Waals surface area contributed by atoms with Gasteiger partial charge in [-0.05, 0) is 29.1 Å². The number of hydrogen-bond donors (Lipinski definition) is 0. The minimum absolute atomic E-state index is 0. The number of hydrogen-bond acceptors (Lipinski definition) is 4. The standard InChI is InChI=1S/C27H31N2O3S.BrH/c30-27(28(24-13-18-33-21-24)19-22-7-3-1-4-8-22)32-26-20-29(14-11-23(26)12-15-29)16-17-31-25-9-5-2-6-10-25;/h1-10,13,18,21,23,26H,11-12,14-17,19-20H2;1H/q+1;/p-1/t23?,26-,29?;/m0./s1. The molecule has 0 radical (unpaired) electrons. The molecule has 2 bridgehead atoms. The van der Waals surface area contributed by atoms with Crippen molar-refractivity contribution < 1.29 is 35.7 Å². The van der Waals surface area contributed by atoms with Crippen LogP contribution in [0, 0.1) is 5.92 Å². The van der Waals surface area contributed by atoms with Gasteiger partial charge in [0.15, 0.2) is 6.10 Å². The van der Waals surface area contributed by atoms with Crippen LogP contribution < -0.4 is 26.6 Å². The van der Waals surface area contributed by atoms with Crippen molar-refractivity contribution in [3.05, 3.63) is 83.1 Å². The van der Waals surface area contributed by atoms with Gasteiger partial charge in [-0.25, -0.2) is 4.79 Å². The Labute approximate surface area is 216 Å². The molecule has 0 saturated carbocycles. The fourth-order valence-electron chi connectivity index (χ4n) is 5.17. The maximum atomic E-state index is 13.4. The molecule has 3 fully saturated rings. The smallest absolute Gasteiger partial charge is 0.415 e. The number of anilines is 1. The van der Waals surface area contributed by atoms with Gasteiger partial charge in [0.2, 0.25) is 0 Å². The topological polar surface area (TPSA) is 38.8 Å². The normalized spacial score (nSPS) is 23.1. The second kappa shape index (κ2) is 11.4. The number of carbonyl (C=O) groups excluding carboxylic acids is 1. The van der Waals surface area contributed by atoms with Crippen LogP contribution in [0.4, 0.5) is 10.5 Å². The van der Waals surface area contributed by atoms with Crippen molar-refractivity contribution in [2.45, 2.75) is 25.5 Å². The summed E-state index contributed by atoms with van der Waals surface area (Å²) in [7, 11) is 0. The first kappa shape index (κ1) is 24.8. The van der Waals surface area contributed by atoms with Crippen molar-refractivity contribution in [1.29, 1.82) is 0 Å². The lowest BCUT2D eigenvalue weighted by Crippen LogP contribution is -3.00. The second-order valence-electron chi connectivity index (χ2n) is 9.17. The summed E-state index contributed by atoms with van der Waals surface area (Å²) in [6, 6.07) is 22.1. The average molecular weight is 544 g/mol. The highest BCUT2D eigenvalue weighted by Crippen LogP contribution is 2.36. The summed E-state index contributed by atoms with van der Waals surface area (Å²) in [6.07, 6.45) is 1.95. The Balaban J connectivity index is 0.00000274. The molecule has 3 aliphatic heterocycles. The molecule has 0 spiro atoms. The Bertz CT molecular complexity index is 1020. The van der Waals surface area contributed by atoms with Gasteiger partial charge in [-0.1, -0.05) is 48.5 Å². The molecule has 4 heterocycles. The second-order valence-corrected chi connectivity index (χ2v) is 9.95. The number of halogens is 1. The van der Waals surface area contributed by atoms with Crippen molar-refractivity contribution in [3.8, 4) is 5.75 Å². The van der Waals surface area contributed by atoms with Gasteiger partial charge >= 0.3 is 6.09 Å². The lowest BCUT2D eigenvalue weighted by molar-refractivity contribution is -0.946. The van der Waals surface area contributed by atoms with Crippen LogP contribution in [0.1, 0.15) is 18.4 Å². The number of rotatable bonds is 8. The van der Waals surface area contributed by atoms with Crippen LogP contribution in [0.5, 0.6) is 5.75 Å². The van der Waals surface area contributed by atoms with E-state index in [0.29, 0.717) is 19.1 Å². The van der Waals surface area contributed by atoms with Gasteiger partial charge in [0, 0.05) is 24.1 Å². The van der Waals surface area contributed by atoms with Crippen LogP contribution >= 0.6 is 11.3 Å². The van der Waals surface area contributed by atoms with Gasteiger partial charge in [-0.2, -0.15) is 11.3 Å². The summed E-state index contributed by atoms with van der Waals surface area (Å²) < 4.78 is 13.2. The highest BCUT2D eigenvalue weighted by Gasteiger charge is 2.47. The maximum absolute atomic E-state index is 13.4. The van der Waals surface area contributed by atoms with E-state index in [1.165, 1.54) is 0 Å². The van der Waals surface area contributed by atoms with Crippen LogP contribution in [0.2, 0.25) is 0 Å². The van der Waals surface area contributed by atoms with Gasteiger partial charge in [0.1, 0.15) is 25.4 Å². The van der Waals surface area contributed by atoms with Crippen LogP contribution in [0.3, 0.4) is 0 Å². The SMILES string of the molecule is O=C(O[C@H]1C[N+]2(CCOc3ccccc3)CCC1CC2)N(Cc1ccccc1)c1ccsc1.[Br-]. The van der Waals surface area contributed by atoms with Gasteiger partial charge in [-0.3, -0.25) is 4.90 Å². The molecule has 180 valence electrons. The third kappa shape index (κ3) is 5.82. The molecule has 3 saturated heterocycles. The number of ether oxygens (including phenoxy) is 2. The summed E-state index contributed by atoms with van der Waals surface area (Å²) in [5.41, 5.74) is 1.99. The summed E-state index contributed by atoms with van der Waals surface area (Å²) in [4.78, 5) is 15.1. The van der Waals surface area contributed by atoms with E-state index in [1.54, 1.807) is 16.2 Å². The zero-order valence-corrected chi connectivity index (χ0v) is 21.6. The molecule has 0 unspecified atom stereocenters. The largest absolute Gasteiger partial charge is 1.00 e. The number of piperidine rings is 3. The molecule has 3 aromatic rings. The van der Waals surface area contributed by atoms with Crippen molar-refractivity contribution in [3.63, 3.8) is 0 Å². The van der Waals surface area contributed by atoms with Gasteiger partial charge in [0.05, 0.1) is 25.3 Å². The van der Waals surface area contributed by atoms with E-state index in [2.05, 4.69) is 0 Å². The predicted molar refractivity (Wildman–Crippen MR) is 132 cm³/mol. The molecule has 6 rings (SSSR count). The van der Waals surface area contributed by atoms with Crippen LogP contribution in [-0.2, 0) is 11.3 Å². The minimum Gasteiger partial charge on any atom is -1.00 e. The molecule has 1 atom stereocenters. The summed E-state index contributed by atoms with van der Waals surface area (Å²) in [5.74, 6) is 1.38. The number of fused-ring (bicyclic) bond motifs is 3. The van der Waals surface area contributed by atoms with Crippen LogP contribution in [-0.4, -0.2) is 49.5 Å². The fraction of sp³-hybridized carbons (Fsp3) is 0.370. The lowest BCUT2D eigenvalue weighted by atomic mass is 9.83. The number of quaternary nitrogens is 1. The van der Waals surface area contributed by atoms with E-state index in [9.17, 15) is 4.79 Å². The van der Waals surface area contributed by atoms with Crippen molar-refractivity contribution in [2.75, 3.05) is 37.7 Å². The summed E-state index contributed by atoms with van der Waals surface area (Å²) >= 11 is 1.59. The van der Waals surface area contributed by atoms with Gasteiger partial charge in [0.25, 0.3) is 0 Å². The highest BCUT2D eigenvalue weighted by molar-refractivity contribution is 7.08. The monoisotopic (exact) mass is 542 g/mol. The molecule has 0 N–H and O–H groups in total. The Hall–Kier alpha value is -2.35. The van der Waals surface area contributed by atoms with Gasteiger partial charge < -0.3 is 30.9 Å². The average Bonchev–Trinajstić information content (AvgIpc) is 3.39. The van der Waals surface area contributed by atoms with Crippen molar-refractivity contribution in [1.82, 2.24) is 0 Å². The number of benzene rings is 2. The lowest BCUT2D eigenvalue weighted by Gasteiger charge is -2.52. The molecular weight excluding hydrogens is 512 g/mol. The predicted octanol–water partition coefficient (Wildman–Crippen LogP) is 2.58. The zero-order chi connectivity index (χ0) is 22.5. The van der Waals surface area contributed by atoms with E-state index >= 15 is 0 Å². The first-order valence-corrected chi connectivity index (χ1v) is 12.7. The number of carbonyl (C=O) groups is 1. The molecule has 0 aliphatic carbocycles. The quantitative estimate of drug-likeness (QED) is 0.410. The third-order valence-electron chi connectivity index (χ3n) is 7.09. The van der Waals surface area contributed by atoms with E-state index in [4.69, 9.17) is 9.47 Å². The highest BCUT2D eigenvalue weighted by atomic mass is 79.9. The van der Waals surface area contributed by atoms with E-state index in [0.717, 1.165) is 60.5 Å². The molecular formula is C27H31BrN2O3S. The molecule has 1 amide bonds.